The van der Waals surface area contributed by atoms with Gasteiger partial charge in [0.1, 0.15) is 30.4 Å². The Bertz CT molecular complexity index is 1170. The molecular formula is C27H34FN3O5. The molecule has 3 aromatic rings. The Morgan fingerprint density at radius 1 is 1.14 bits per heavy atom. The van der Waals surface area contributed by atoms with Crippen LogP contribution in [-0.2, 0) is 13.1 Å². The third-order valence-electron chi connectivity index (χ3n) is 6.43. The molecule has 36 heavy (non-hydrogen) atoms. The van der Waals surface area contributed by atoms with Gasteiger partial charge in [0.25, 0.3) is 0 Å². The first kappa shape index (κ1) is 25.9. The van der Waals surface area contributed by atoms with Gasteiger partial charge in [-0.25, -0.2) is 4.39 Å². The van der Waals surface area contributed by atoms with Crippen molar-refractivity contribution >= 4 is 0 Å². The zero-order chi connectivity index (χ0) is 25.7. The van der Waals surface area contributed by atoms with Crippen LogP contribution in [-0.4, -0.2) is 70.0 Å². The number of aromatic nitrogens is 2. The Labute approximate surface area is 210 Å². The van der Waals surface area contributed by atoms with Crippen molar-refractivity contribution in [3.63, 3.8) is 0 Å². The van der Waals surface area contributed by atoms with E-state index in [2.05, 4.69) is 10.00 Å². The standard InChI is InChI=1S/C27H34FN3O5/c1-19-14-29-31(15-19)10-11-35-24-7-4-21(13-25(24)34-3)16-30-9-8-26(32)27(33,17-30)18-36-22-5-6-23(28)20(2)12-22/h4-7,12-15,26,32-33H,8-11,16-18H2,1-3H3/t26-,27-/m0/s1. The minimum atomic E-state index is -1.45. The van der Waals surface area contributed by atoms with Crippen LogP contribution in [0.1, 0.15) is 23.1 Å². The molecule has 9 heteroatoms. The smallest absolute Gasteiger partial charge is 0.161 e. The fraction of sp³-hybridized carbons (Fsp3) is 0.444. The van der Waals surface area contributed by atoms with E-state index in [-0.39, 0.29) is 19.0 Å². The van der Waals surface area contributed by atoms with Crippen LogP contribution in [0.2, 0.25) is 0 Å². The van der Waals surface area contributed by atoms with E-state index in [0.717, 1.165) is 11.1 Å². The minimum absolute atomic E-state index is 0.0956. The highest BCUT2D eigenvalue weighted by molar-refractivity contribution is 5.43. The molecule has 4 rings (SSSR count). The zero-order valence-electron chi connectivity index (χ0n) is 21.0. The van der Waals surface area contributed by atoms with Gasteiger partial charge in [0.2, 0.25) is 0 Å². The Balaban J connectivity index is 1.35. The average molecular weight is 500 g/mol. The van der Waals surface area contributed by atoms with Gasteiger partial charge in [-0.2, -0.15) is 5.10 Å². The van der Waals surface area contributed by atoms with E-state index < -0.39 is 11.7 Å². The molecule has 0 bridgehead atoms. The van der Waals surface area contributed by atoms with E-state index >= 15 is 0 Å². The molecule has 1 fully saturated rings. The Hall–Kier alpha value is -3.14. The second-order valence-corrected chi connectivity index (χ2v) is 9.43. The second kappa shape index (κ2) is 11.3. The number of hydrogen-bond donors (Lipinski definition) is 2. The number of hydrogen-bond acceptors (Lipinski definition) is 7. The van der Waals surface area contributed by atoms with Gasteiger partial charge in [0, 0.05) is 25.8 Å². The number of benzene rings is 2. The van der Waals surface area contributed by atoms with E-state index in [1.807, 2.05) is 42.2 Å². The van der Waals surface area contributed by atoms with Crippen LogP contribution < -0.4 is 14.2 Å². The lowest BCUT2D eigenvalue weighted by molar-refractivity contribution is -0.140. The molecule has 1 aromatic heterocycles. The van der Waals surface area contributed by atoms with Crippen molar-refractivity contribution in [1.82, 2.24) is 14.7 Å². The van der Waals surface area contributed by atoms with Crippen molar-refractivity contribution in [3.8, 4) is 17.2 Å². The van der Waals surface area contributed by atoms with E-state index in [4.69, 9.17) is 14.2 Å². The normalized spacial score (nSPS) is 20.3. The molecule has 8 nitrogen and oxygen atoms in total. The van der Waals surface area contributed by atoms with E-state index in [9.17, 15) is 14.6 Å². The van der Waals surface area contributed by atoms with Crippen LogP contribution in [0.15, 0.2) is 48.8 Å². The van der Waals surface area contributed by atoms with Gasteiger partial charge in [-0.15, -0.1) is 0 Å². The number of rotatable bonds is 10. The van der Waals surface area contributed by atoms with Gasteiger partial charge in [0.15, 0.2) is 11.5 Å². The third kappa shape index (κ3) is 6.34. The van der Waals surface area contributed by atoms with Gasteiger partial charge < -0.3 is 24.4 Å². The SMILES string of the molecule is COc1cc(CN2CC[C@H](O)[C@@](O)(COc3ccc(F)c(C)c3)C2)ccc1OCCn1cc(C)cn1. The van der Waals surface area contributed by atoms with Gasteiger partial charge >= 0.3 is 0 Å². The lowest BCUT2D eigenvalue weighted by Gasteiger charge is -2.42. The molecule has 1 aliphatic heterocycles. The topological polar surface area (TPSA) is 89.2 Å². The number of β-amino-alcohol motifs (C(OH)–C–C–N with tert-alkyl or cyclic N) is 1. The maximum Gasteiger partial charge on any atom is 0.161 e. The molecule has 2 heterocycles. The number of nitrogens with zero attached hydrogens (tertiary/aromatic N) is 3. The number of aliphatic hydroxyl groups is 2. The molecule has 0 spiro atoms. The van der Waals surface area contributed by atoms with Gasteiger partial charge in [-0.1, -0.05) is 6.07 Å². The van der Waals surface area contributed by atoms with Crippen LogP contribution in [0, 0.1) is 19.7 Å². The van der Waals surface area contributed by atoms with Gasteiger partial charge in [-0.05, 0) is 67.3 Å². The van der Waals surface area contributed by atoms with Gasteiger partial charge in [-0.3, -0.25) is 9.58 Å². The first-order valence-electron chi connectivity index (χ1n) is 12.1. The number of piperidine rings is 1. The summed E-state index contributed by atoms with van der Waals surface area (Å²) in [5.74, 6) is 1.42. The summed E-state index contributed by atoms with van der Waals surface area (Å²) >= 11 is 0. The molecule has 1 saturated heterocycles. The first-order valence-corrected chi connectivity index (χ1v) is 12.1. The summed E-state index contributed by atoms with van der Waals surface area (Å²) in [7, 11) is 1.60. The van der Waals surface area contributed by atoms with Crippen molar-refractivity contribution in [3.05, 3.63) is 71.3 Å². The molecule has 1 aliphatic rings. The van der Waals surface area contributed by atoms with E-state index in [1.165, 1.54) is 12.1 Å². The predicted molar refractivity (Wildman–Crippen MR) is 133 cm³/mol. The lowest BCUT2D eigenvalue weighted by Crippen LogP contribution is -2.59. The molecular weight excluding hydrogens is 465 g/mol. The number of methoxy groups -OCH3 is 1. The number of aliphatic hydroxyl groups excluding tert-OH is 1. The maximum absolute atomic E-state index is 13.5. The second-order valence-electron chi connectivity index (χ2n) is 9.43. The Kier molecular flexibility index (Phi) is 8.13. The van der Waals surface area contributed by atoms with Crippen LogP contribution >= 0.6 is 0 Å². The van der Waals surface area contributed by atoms with Crippen molar-refractivity contribution in [2.75, 3.05) is 33.4 Å². The highest BCUT2D eigenvalue weighted by Gasteiger charge is 2.42. The molecule has 0 aliphatic carbocycles. The Morgan fingerprint density at radius 2 is 1.97 bits per heavy atom. The molecule has 0 unspecified atom stereocenters. The molecule has 0 amide bonds. The Morgan fingerprint density at radius 3 is 2.69 bits per heavy atom. The highest BCUT2D eigenvalue weighted by Crippen LogP contribution is 2.30. The zero-order valence-corrected chi connectivity index (χ0v) is 21.0. The number of halogens is 1. The third-order valence-corrected chi connectivity index (χ3v) is 6.43. The molecule has 0 radical (unpaired) electrons. The fourth-order valence-corrected chi connectivity index (χ4v) is 4.36. The van der Waals surface area contributed by atoms with Crippen molar-refractivity contribution in [2.24, 2.45) is 0 Å². The molecule has 0 saturated carbocycles. The van der Waals surface area contributed by atoms with Gasteiger partial charge in [0.05, 0.1) is 26.0 Å². The largest absolute Gasteiger partial charge is 0.493 e. The molecule has 194 valence electrons. The average Bonchev–Trinajstić information content (AvgIpc) is 3.28. The molecule has 2 N–H and O–H groups in total. The summed E-state index contributed by atoms with van der Waals surface area (Å²) < 4.78 is 32.5. The summed E-state index contributed by atoms with van der Waals surface area (Å²) in [6.07, 6.45) is 3.27. The highest BCUT2D eigenvalue weighted by atomic mass is 19.1. The van der Waals surface area contributed by atoms with Crippen molar-refractivity contribution < 1.29 is 28.8 Å². The van der Waals surface area contributed by atoms with E-state index in [0.29, 0.717) is 55.5 Å². The molecule has 2 aromatic carbocycles. The predicted octanol–water partition coefficient (Wildman–Crippen LogP) is 3.10. The van der Waals surface area contributed by atoms with Crippen LogP contribution in [0.5, 0.6) is 17.2 Å². The number of aryl methyl sites for hydroxylation is 2. The summed E-state index contributed by atoms with van der Waals surface area (Å²) in [5.41, 5.74) is 1.11. The summed E-state index contributed by atoms with van der Waals surface area (Å²) in [6, 6.07) is 10.2. The number of likely N-dealkylation sites (tertiary alicyclic amines) is 1. The van der Waals surface area contributed by atoms with Crippen LogP contribution in [0.3, 0.4) is 0 Å². The molecule has 2 atom stereocenters. The minimum Gasteiger partial charge on any atom is -0.493 e. The van der Waals surface area contributed by atoms with E-state index in [1.54, 1.807) is 20.1 Å². The summed E-state index contributed by atoms with van der Waals surface area (Å²) in [5, 5.41) is 25.9. The summed E-state index contributed by atoms with van der Waals surface area (Å²) in [4.78, 5) is 2.07. The maximum atomic E-state index is 13.5. The van der Waals surface area contributed by atoms with Crippen molar-refractivity contribution in [2.45, 2.75) is 45.1 Å². The lowest BCUT2D eigenvalue weighted by atomic mass is 9.90. The quantitative estimate of drug-likeness (QED) is 0.443. The summed E-state index contributed by atoms with van der Waals surface area (Å²) in [6.45, 7) is 6.07. The number of ether oxygens (including phenoxy) is 3. The first-order chi connectivity index (χ1) is 17.3. The van der Waals surface area contributed by atoms with Crippen LogP contribution in [0.25, 0.3) is 0 Å². The fourth-order valence-electron chi connectivity index (χ4n) is 4.36. The monoisotopic (exact) mass is 499 g/mol. The van der Waals surface area contributed by atoms with Crippen LogP contribution in [0.4, 0.5) is 4.39 Å². The van der Waals surface area contributed by atoms with Crippen molar-refractivity contribution in [1.29, 1.82) is 0 Å².